The molecule has 3 heteroatoms. The number of benzene rings is 3. The van der Waals surface area contributed by atoms with E-state index in [1.165, 1.54) is 22.0 Å². The number of nitrogens with one attached hydrogen (secondary N) is 1. The first kappa shape index (κ1) is 24.5. The van der Waals surface area contributed by atoms with Gasteiger partial charge < -0.3 is 10.4 Å². The first-order valence-corrected chi connectivity index (χ1v) is 12.6. The number of aryl methyl sites for hydroxylation is 1. The highest BCUT2D eigenvalue weighted by Crippen LogP contribution is 2.48. The van der Waals surface area contributed by atoms with Crippen molar-refractivity contribution in [3.8, 4) is 5.75 Å². The summed E-state index contributed by atoms with van der Waals surface area (Å²) >= 11 is 0. The average Bonchev–Trinajstić information content (AvgIpc) is 2.75. The highest BCUT2D eigenvalue weighted by atomic mass is 31.1. The van der Waals surface area contributed by atoms with Crippen molar-refractivity contribution >= 4 is 13.9 Å². The third kappa shape index (κ3) is 6.00. The normalized spacial score (nSPS) is 14.1. The predicted molar refractivity (Wildman–Crippen MR) is 141 cm³/mol. The Labute approximate surface area is 196 Å². The van der Waals surface area contributed by atoms with Crippen molar-refractivity contribution in [1.29, 1.82) is 0 Å². The van der Waals surface area contributed by atoms with Crippen LogP contribution in [0.4, 0.5) is 0 Å². The van der Waals surface area contributed by atoms with Gasteiger partial charge in [-0.1, -0.05) is 89.2 Å². The molecule has 0 aliphatic carbocycles. The minimum atomic E-state index is -0.126. The summed E-state index contributed by atoms with van der Waals surface area (Å²) in [6.45, 7) is 14.2. The Kier molecular flexibility index (Phi) is 7.80. The summed E-state index contributed by atoms with van der Waals surface area (Å²) in [4.78, 5) is 0. The molecule has 0 bridgehead atoms. The minimum absolute atomic E-state index is 0.0717. The van der Waals surface area contributed by atoms with Crippen LogP contribution in [0, 0.1) is 6.92 Å². The Hall–Kier alpha value is -2.15. The average molecular weight is 448 g/mol. The Balaban J connectivity index is 1.95. The highest BCUT2D eigenvalue weighted by molar-refractivity contribution is 7.48. The molecule has 0 spiro atoms. The topological polar surface area (TPSA) is 32.3 Å². The first-order valence-electron chi connectivity index (χ1n) is 11.6. The monoisotopic (exact) mass is 447 g/mol. The summed E-state index contributed by atoms with van der Waals surface area (Å²) < 4.78 is 0. The molecule has 0 radical (unpaired) electrons. The van der Waals surface area contributed by atoms with E-state index in [1.54, 1.807) is 0 Å². The van der Waals surface area contributed by atoms with Gasteiger partial charge in [0.2, 0.25) is 0 Å². The van der Waals surface area contributed by atoms with Crippen molar-refractivity contribution in [3.63, 3.8) is 0 Å². The molecule has 3 aromatic carbocycles. The molecule has 0 amide bonds. The Morgan fingerprint density at radius 3 is 2.16 bits per heavy atom. The van der Waals surface area contributed by atoms with Gasteiger partial charge in [-0.15, -0.1) is 0 Å². The van der Waals surface area contributed by atoms with Crippen LogP contribution in [0.3, 0.4) is 0 Å². The molecule has 2 N–H and O–H groups in total. The summed E-state index contributed by atoms with van der Waals surface area (Å²) in [6, 6.07) is 23.3. The molecule has 0 saturated carbocycles. The van der Waals surface area contributed by atoms with E-state index in [0.717, 1.165) is 30.5 Å². The van der Waals surface area contributed by atoms with E-state index < -0.39 is 0 Å². The van der Waals surface area contributed by atoms with Crippen molar-refractivity contribution in [2.24, 2.45) is 0 Å². The number of hydrogen-bond donors (Lipinski definition) is 2. The second-order valence-electron chi connectivity index (χ2n) is 10.00. The van der Waals surface area contributed by atoms with E-state index >= 15 is 0 Å². The quantitative estimate of drug-likeness (QED) is 0.372. The molecule has 0 aromatic heterocycles. The van der Waals surface area contributed by atoms with Crippen LogP contribution in [0.5, 0.6) is 5.75 Å². The number of hydrogen-bond acceptors (Lipinski definition) is 2. The van der Waals surface area contributed by atoms with E-state index in [9.17, 15) is 5.11 Å². The molecule has 3 aromatic rings. The van der Waals surface area contributed by atoms with Crippen molar-refractivity contribution in [2.75, 3.05) is 0 Å². The van der Waals surface area contributed by atoms with Gasteiger partial charge in [0.1, 0.15) is 5.75 Å². The maximum Gasteiger partial charge on any atom is 0.123 e. The van der Waals surface area contributed by atoms with Crippen molar-refractivity contribution < 1.29 is 5.11 Å². The van der Waals surface area contributed by atoms with Crippen LogP contribution >= 0.6 is 8.58 Å². The molecule has 0 heterocycles. The molecule has 170 valence electrons. The van der Waals surface area contributed by atoms with Crippen LogP contribution in [0.15, 0.2) is 66.7 Å². The fraction of sp³-hybridized carbons (Fsp3) is 0.379. The number of para-hydroxylation sites is 1. The zero-order valence-corrected chi connectivity index (χ0v) is 21.4. The van der Waals surface area contributed by atoms with Gasteiger partial charge in [-0.05, 0) is 61.7 Å². The summed E-state index contributed by atoms with van der Waals surface area (Å²) in [5.74, 6) is 0.455. The van der Waals surface area contributed by atoms with Gasteiger partial charge >= 0.3 is 0 Å². The highest BCUT2D eigenvalue weighted by Gasteiger charge is 2.30. The Morgan fingerprint density at radius 1 is 0.844 bits per heavy atom. The SMILES string of the molecule is CCC(C)(Pc1c(C)cccc1CNC(C)(C)C)c1cccc(Cc2ccccc2)c1O. The van der Waals surface area contributed by atoms with Gasteiger partial charge in [0.25, 0.3) is 0 Å². The molecular formula is C29H38NOP. The Bertz CT molecular complexity index is 1040. The van der Waals surface area contributed by atoms with E-state index in [0.29, 0.717) is 14.3 Å². The second-order valence-corrected chi connectivity index (χ2v) is 11.9. The zero-order chi connectivity index (χ0) is 23.4. The van der Waals surface area contributed by atoms with E-state index in [-0.39, 0.29) is 10.7 Å². The number of phenols is 1. The standard InChI is InChI=1S/C29H38NOP/c1-7-29(6,32-27-21(2)13-11-17-24(27)20-30-28(3,4)5)25-18-12-16-23(26(25)31)19-22-14-9-8-10-15-22/h8-18,30-32H,7,19-20H2,1-6H3. The molecule has 3 rings (SSSR count). The van der Waals surface area contributed by atoms with Crippen LogP contribution in [0.25, 0.3) is 0 Å². The lowest BCUT2D eigenvalue weighted by Crippen LogP contribution is -2.36. The van der Waals surface area contributed by atoms with Crippen LogP contribution < -0.4 is 10.6 Å². The lowest BCUT2D eigenvalue weighted by molar-refractivity contribution is 0.425. The summed E-state index contributed by atoms with van der Waals surface area (Å²) in [5, 5.41) is 16.3. The molecule has 0 aliphatic rings. The number of rotatable bonds is 8. The molecule has 2 nitrogen and oxygen atoms in total. The smallest absolute Gasteiger partial charge is 0.123 e. The van der Waals surface area contributed by atoms with E-state index in [2.05, 4.69) is 108 Å². The zero-order valence-electron chi connectivity index (χ0n) is 20.4. The van der Waals surface area contributed by atoms with Gasteiger partial charge in [0.05, 0.1) is 0 Å². The largest absolute Gasteiger partial charge is 0.507 e. The van der Waals surface area contributed by atoms with E-state index in [1.807, 2.05) is 6.07 Å². The van der Waals surface area contributed by atoms with Crippen LogP contribution in [-0.4, -0.2) is 10.6 Å². The third-order valence-electron chi connectivity index (χ3n) is 6.23. The van der Waals surface area contributed by atoms with Gasteiger partial charge in [-0.3, -0.25) is 0 Å². The maximum atomic E-state index is 11.3. The van der Waals surface area contributed by atoms with E-state index in [4.69, 9.17) is 0 Å². The second kappa shape index (κ2) is 10.2. The predicted octanol–water partition coefficient (Wildman–Crippen LogP) is 6.81. The fourth-order valence-corrected chi connectivity index (χ4v) is 5.71. The van der Waals surface area contributed by atoms with Gasteiger partial charge in [-0.2, -0.15) is 0 Å². The summed E-state index contributed by atoms with van der Waals surface area (Å²) in [7, 11) is 0.578. The van der Waals surface area contributed by atoms with Crippen molar-refractivity contribution in [1.82, 2.24) is 5.32 Å². The molecule has 0 aliphatic heterocycles. The molecule has 2 unspecified atom stereocenters. The molecule has 0 fully saturated rings. The van der Waals surface area contributed by atoms with Gasteiger partial charge in [0, 0.05) is 29.2 Å². The van der Waals surface area contributed by atoms with Crippen LogP contribution in [-0.2, 0) is 18.1 Å². The summed E-state index contributed by atoms with van der Waals surface area (Å²) in [6.07, 6.45) is 1.71. The first-order chi connectivity index (χ1) is 15.1. The van der Waals surface area contributed by atoms with Crippen molar-refractivity contribution in [3.05, 3.63) is 94.5 Å². The maximum absolute atomic E-state index is 11.3. The molecule has 2 atom stereocenters. The minimum Gasteiger partial charge on any atom is -0.507 e. The Morgan fingerprint density at radius 2 is 1.50 bits per heavy atom. The molecule has 0 saturated heterocycles. The molecular weight excluding hydrogens is 409 g/mol. The number of aromatic hydroxyl groups is 1. The fourth-order valence-electron chi connectivity index (χ4n) is 4.03. The van der Waals surface area contributed by atoms with Crippen molar-refractivity contribution in [2.45, 2.75) is 71.6 Å². The lowest BCUT2D eigenvalue weighted by atomic mass is 9.92. The van der Waals surface area contributed by atoms with Crippen LogP contribution in [0.2, 0.25) is 0 Å². The lowest BCUT2D eigenvalue weighted by Gasteiger charge is -2.32. The van der Waals surface area contributed by atoms with Gasteiger partial charge in [-0.25, -0.2) is 0 Å². The third-order valence-corrected chi connectivity index (χ3v) is 8.37. The molecule has 32 heavy (non-hydrogen) atoms. The van der Waals surface area contributed by atoms with Crippen LogP contribution in [0.1, 0.15) is 68.9 Å². The number of phenolic OH excluding ortho intramolecular Hbond substituents is 1. The van der Waals surface area contributed by atoms with Gasteiger partial charge in [0.15, 0.2) is 0 Å². The summed E-state index contributed by atoms with van der Waals surface area (Å²) in [5.41, 5.74) is 6.04.